The molecule has 2 rings (SSSR count). The standard InChI is InChI=1S/C21H30Cl2FN3O/c1-3-17(28)8-6-4-5-7-9-20-25-21-18(24)14-16(15-19(21)26(20)2)27(12-10-22)13-11-23/h14-15H,3-13H2,1-2H3. The molecule has 1 aromatic carbocycles. The number of aryl methyl sites for hydroxylation is 2. The summed E-state index contributed by atoms with van der Waals surface area (Å²) in [5, 5.41) is 0. The highest BCUT2D eigenvalue weighted by Crippen LogP contribution is 2.26. The average molecular weight is 430 g/mol. The number of Topliss-reactive ketones (excluding diaryl/α,β-unsaturated/α-hetero) is 1. The zero-order valence-electron chi connectivity index (χ0n) is 16.8. The lowest BCUT2D eigenvalue weighted by Gasteiger charge is -2.23. The van der Waals surface area contributed by atoms with Crippen molar-refractivity contribution in [1.82, 2.24) is 9.55 Å². The minimum Gasteiger partial charge on any atom is -0.369 e. The topological polar surface area (TPSA) is 38.1 Å². The van der Waals surface area contributed by atoms with Crippen molar-refractivity contribution in [1.29, 1.82) is 0 Å². The minimum atomic E-state index is -0.318. The molecule has 0 radical (unpaired) electrons. The van der Waals surface area contributed by atoms with E-state index in [1.54, 1.807) is 0 Å². The Hall–Kier alpha value is -1.33. The van der Waals surface area contributed by atoms with Crippen LogP contribution < -0.4 is 4.90 Å². The van der Waals surface area contributed by atoms with E-state index in [0.717, 1.165) is 49.1 Å². The lowest BCUT2D eigenvalue weighted by Crippen LogP contribution is -2.27. The molecule has 28 heavy (non-hydrogen) atoms. The molecule has 0 unspecified atom stereocenters. The van der Waals surface area contributed by atoms with Crippen LogP contribution in [0.3, 0.4) is 0 Å². The number of fused-ring (bicyclic) bond motifs is 1. The van der Waals surface area contributed by atoms with Crippen LogP contribution in [0.4, 0.5) is 10.1 Å². The van der Waals surface area contributed by atoms with E-state index in [1.165, 1.54) is 6.07 Å². The number of benzene rings is 1. The minimum absolute atomic E-state index is 0.318. The fraction of sp³-hybridized carbons (Fsp3) is 0.619. The lowest BCUT2D eigenvalue weighted by atomic mass is 10.1. The number of aromatic nitrogens is 2. The van der Waals surface area contributed by atoms with Gasteiger partial charge in [0, 0.05) is 56.8 Å². The van der Waals surface area contributed by atoms with Crippen LogP contribution in [0.5, 0.6) is 0 Å². The van der Waals surface area contributed by atoms with Crippen LogP contribution in [0.2, 0.25) is 0 Å². The average Bonchev–Trinajstić information content (AvgIpc) is 3.00. The maximum absolute atomic E-state index is 14.7. The Morgan fingerprint density at radius 3 is 2.46 bits per heavy atom. The molecule has 0 bridgehead atoms. The second kappa shape index (κ2) is 11.6. The fourth-order valence-electron chi connectivity index (χ4n) is 3.40. The van der Waals surface area contributed by atoms with Gasteiger partial charge in [-0.25, -0.2) is 9.37 Å². The predicted molar refractivity (Wildman–Crippen MR) is 116 cm³/mol. The van der Waals surface area contributed by atoms with Crippen molar-refractivity contribution in [2.24, 2.45) is 7.05 Å². The van der Waals surface area contributed by atoms with E-state index in [0.29, 0.717) is 49.0 Å². The lowest BCUT2D eigenvalue weighted by molar-refractivity contribution is -0.118. The molecule has 0 atom stereocenters. The Kier molecular flexibility index (Phi) is 9.52. The van der Waals surface area contributed by atoms with Gasteiger partial charge in [-0.3, -0.25) is 4.79 Å². The zero-order valence-corrected chi connectivity index (χ0v) is 18.3. The molecule has 2 aromatic rings. The summed E-state index contributed by atoms with van der Waals surface area (Å²) in [7, 11) is 1.93. The number of rotatable bonds is 13. The van der Waals surface area contributed by atoms with Crippen LogP contribution in [0, 0.1) is 5.82 Å². The van der Waals surface area contributed by atoms with Crippen LogP contribution in [-0.4, -0.2) is 40.2 Å². The van der Waals surface area contributed by atoms with Gasteiger partial charge < -0.3 is 9.47 Å². The van der Waals surface area contributed by atoms with Crippen molar-refractivity contribution in [3.63, 3.8) is 0 Å². The Morgan fingerprint density at radius 1 is 1.14 bits per heavy atom. The predicted octanol–water partition coefficient (Wildman–Crippen LogP) is 5.47. The Balaban J connectivity index is 2.05. The number of anilines is 1. The Morgan fingerprint density at radius 2 is 1.82 bits per heavy atom. The molecule has 1 heterocycles. The molecular formula is C21H30Cl2FN3O. The third kappa shape index (κ3) is 6.08. The number of halogens is 3. The van der Waals surface area contributed by atoms with Crippen molar-refractivity contribution in [2.45, 2.75) is 51.9 Å². The fourth-order valence-corrected chi connectivity index (χ4v) is 3.80. The molecule has 1 aromatic heterocycles. The van der Waals surface area contributed by atoms with Gasteiger partial charge in [-0.1, -0.05) is 19.8 Å². The molecule has 0 aliphatic carbocycles. The van der Waals surface area contributed by atoms with E-state index >= 15 is 0 Å². The van der Waals surface area contributed by atoms with Gasteiger partial charge in [-0.15, -0.1) is 23.2 Å². The Bertz CT molecular complexity index is 773. The number of carbonyl (C=O) groups is 1. The molecule has 0 saturated carbocycles. The van der Waals surface area contributed by atoms with Crippen molar-refractivity contribution >= 4 is 45.7 Å². The smallest absolute Gasteiger partial charge is 0.153 e. The van der Waals surface area contributed by atoms with Crippen molar-refractivity contribution in [3.05, 3.63) is 23.8 Å². The maximum atomic E-state index is 14.7. The summed E-state index contributed by atoms with van der Waals surface area (Å²) in [6, 6.07) is 3.48. The summed E-state index contributed by atoms with van der Waals surface area (Å²) < 4.78 is 16.7. The highest BCUT2D eigenvalue weighted by molar-refractivity contribution is 6.18. The van der Waals surface area contributed by atoms with Gasteiger partial charge in [0.25, 0.3) is 0 Å². The summed E-state index contributed by atoms with van der Waals surface area (Å²) in [6.07, 6.45) is 6.13. The van der Waals surface area contributed by atoms with E-state index < -0.39 is 0 Å². The van der Waals surface area contributed by atoms with Crippen LogP contribution in [0.1, 0.15) is 51.3 Å². The molecule has 0 aliphatic rings. The van der Waals surface area contributed by atoms with E-state index in [1.807, 2.05) is 29.5 Å². The molecule has 0 N–H and O–H groups in total. The van der Waals surface area contributed by atoms with Crippen LogP contribution in [-0.2, 0) is 18.3 Å². The second-order valence-corrected chi connectivity index (χ2v) is 7.81. The number of unbranched alkanes of at least 4 members (excludes halogenated alkanes) is 3. The third-order valence-electron chi connectivity index (χ3n) is 5.09. The van der Waals surface area contributed by atoms with Crippen LogP contribution in [0.25, 0.3) is 11.0 Å². The molecular weight excluding hydrogens is 400 g/mol. The van der Waals surface area contributed by atoms with Gasteiger partial charge in [-0.05, 0) is 25.0 Å². The van der Waals surface area contributed by atoms with Gasteiger partial charge in [0.15, 0.2) is 5.82 Å². The SMILES string of the molecule is CCC(=O)CCCCCCc1nc2c(F)cc(N(CCCl)CCCl)cc2n1C. The number of ketones is 1. The number of carbonyl (C=O) groups excluding carboxylic acids is 1. The molecule has 156 valence electrons. The normalized spacial score (nSPS) is 11.3. The van der Waals surface area contributed by atoms with Gasteiger partial charge in [0.1, 0.15) is 17.1 Å². The summed E-state index contributed by atoms with van der Waals surface area (Å²) in [5.74, 6) is 1.81. The summed E-state index contributed by atoms with van der Waals surface area (Å²) in [4.78, 5) is 17.9. The van der Waals surface area contributed by atoms with E-state index in [9.17, 15) is 9.18 Å². The summed E-state index contributed by atoms with van der Waals surface area (Å²) in [6.45, 7) is 3.14. The monoisotopic (exact) mass is 429 g/mol. The first-order valence-electron chi connectivity index (χ1n) is 10.0. The number of hydrogen-bond donors (Lipinski definition) is 0. The molecule has 0 fully saturated rings. The highest BCUT2D eigenvalue weighted by atomic mass is 35.5. The highest BCUT2D eigenvalue weighted by Gasteiger charge is 2.16. The maximum Gasteiger partial charge on any atom is 0.153 e. The molecule has 0 spiro atoms. The number of nitrogens with zero attached hydrogens (tertiary/aromatic N) is 3. The molecule has 4 nitrogen and oxygen atoms in total. The van der Waals surface area contributed by atoms with Crippen LogP contribution in [0.15, 0.2) is 12.1 Å². The first-order chi connectivity index (χ1) is 13.5. The quantitative estimate of drug-likeness (QED) is 0.313. The van der Waals surface area contributed by atoms with E-state index in [2.05, 4.69) is 4.98 Å². The molecule has 0 saturated heterocycles. The Labute approximate surface area is 177 Å². The largest absolute Gasteiger partial charge is 0.369 e. The van der Waals surface area contributed by atoms with Gasteiger partial charge >= 0.3 is 0 Å². The first-order valence-corrected chi connectivity index (χ1v) is 11.1. The van der Waals surface area contributed by atoms with Crippen molar-refractivity contribution in [2.75, 3.05) is 29.7 Å². The summed E-state index contributed by atoms with van der Waals surface area (Å²) in [5.41, 5.74) is 1.97. The summed E-state index contributed by atoms with van der Waals surface area (Å²) >= 11 is 11.8. The first kappa shape index (κ1) is 23.0. The van der Waals surface area contributed by atoms with Gasteiger partial charge in [-0.2, -0.15) is 0 Å². The number of alkyl halides is 2. The van der Waals surface area contributed by atoms with Crippen LogP contribution >= 0.6 is 23.2 Å². The van der Waals surface area contributed by atoms with Crippen molar-refractivity contribution in [3.8, 4) is 0 Å². The second-order valence-electron chi connectivity index (χ2n) is 7.05. The van der Waals surface area contributed by atoms with E-state index in [4.69, 9.17) is 23.2 Å². The molecule has 0 amide bonds. The van der Waals surface area contributed by atoms with Gasteiger partial charge in [0.2, 0.25) is 0 Å². The molecule has 7 heteroatoms. The van der Waals surface area contributed by atoms with Gasteiger partial charge in [0.05, 0.1) is 5.52 Å². The van der Waals surface area contributed by atoms with Crippen molar-refractivity contribution < 1.29 is 9.18 Å². The number of imidazole rings is 1. The zero-order chi connectivity index (χ0) is 20.5. The van der Waals surface area contributed by atoms with E-state index in [-0.39, 0.29) is 5.82 Å². The molecule has 0 aliphatic heterocycles. The number of hydrogen-bond acceptors (Lipinski definition) is 3. The third-order valence-corrected chi connectivity index (χ3v) is 5.43.